The van der Waals surface area contributed by atoms with Crippen molar-refractivity contribution in [1.82, 2.24) is 10.6 Å². The molecule has 2 aromatic rings. The molecule has 0 saturated heterocycles. The first-order chi connectivity index (χ1) is 20.7. The molecule has 1 aliphatic rings. The van der Waals surface area contributed by atoms with Gasteiger partial charge in [0.1, 0.15) is 5.75 Å². The summed E-state index contributed by atoms with van der Waals surface area (Å²) in [5.41, 5.74) is 6.21. The van der Waals surface area contributed by atoms with Gasteiger partial charge < -0.3 is 26.0 Å². The molecule has 0 heterocycles. The third kappa shape index (κ3) is 13.6. The maximum atomic E-state index is 12.3. The first kappa shape index (κ1) is 34.4. The average Bonchev–Trinajstić information content (AvgIpc) is 3.22. The van der Waals surface area contributed by atoms with Crippen molar-refractivity contribution in [3.8, 4) is 5.75 Å². The predicted octanol–water partition coefficient (Wildman–Crippen LogP) is 8.66. The number of methoxy groups -OCH3 is 1. The van der Waals surface area contributed by atoms with Gasteiger partial charge in [-0.05, 0) is 88.2 Å². The number of hydrogen-bond acceptors (Lipinski definition) is 4. The second-order valence-electron chi connectivity index (χ2n) is 10.1. The van der Waals surface area contributed by atoms with Crippen LogP contribution in [0.25, 0.3) is 0 Å². The van der Waals surface area contributed by atoms with Crippen LogP contribution in [-0.4, -0.2) is 25.6 Å². The van der Waals surface area contributed by atoms with Gasteiger partial charge >= 0.3 is 6.03 Å². The topological polar surface area (TPSA) is 91.5 Å². The summed E-state index contributed by atoms with van der Waals surface area (Å²) in [6, 6.07) is 14.5. The van der Waals surface area contributed by atoms with Gasteiger partial charge in [0.15, 0.2) is 0 Å². The summed E-state index contributed by atoms with van der Waals surface area (Å²) < 4.78 is 5.05. The monoisotopic (exact) mass is 582 g/mol. The molecule has 7 heteroatoms. The van der Waals surface area contributed by atoms with Crippen LogP contribution in [0.1, 0.15) is 63.7 Å². The quantitative estimate of drug-likeness (QED) is 0.149. The summed E-state index contributed by atoms with van der Waals surface area (Å²) in [7, 11) is 1.59. The van der Waals surface area contributed by atoms with Crippen molar-refractivity contribution in [3.63, 3.8) is 0 Å². The highest BCUT2D eigenvalue weighted by Gasteiger charge is 2.08. The maximum absolute atomic E-state index is 12.3. The highest BCUT2D eigenvalue weighted by atomic mass is 16.5. The van der Waals surface area contributed by atoms with Gasteiger partial charge in [-0.1, -0.05) is 73.9 Å². The van der Waals surface area contributed by atoms with E-state index in [4.69, 9.17) is 4.74 Å². The molecule has 228 valence electrons. The Kier molecular flexibility index (Phi) is 15.5. The van der Waals surface area contributed by atoms with Crippen LogP contribution in [0.15, 0.2) is 120 Å². The summed E-state index contributed by atoms with van der Waals surface area (Å²) >= 11 is 0. The predicted molar refractivity (Wildman–Crippen MR) is 180 cm³/mol. The second-order valence-corrected chi connectivity index (χ2v) is 10.1. The first-order valence-corrected chi connectivity index (χ1v) is 14.6. The standard InChI is InChI=1S/C20H27N3O.C16H19NO2/c1-3-4-7-15-21-18-11-5-6-12-19(18)23-20(24)22-17-10-8-9-16(2)13-14-17;1-5-12(2)6-7-13(3)17-16(18)14-8-10-15(19-4)11-9-14/h5-6,8,10-14,21H,3-4,7,9,15H2,1-2H3,(H2,22,23,24);5-11H,1H2,2-4H3,(H,17,18)/b;12-6-,13-7+. The van der Waals surface area contributed by atoms with Gasteiger partial charge in [-0.3, -0.25) is 4.79 Å². The fraction of sp³-hybridized carbons (Fsp3) is 0.278. The summed E-state index contributed by atoms with van der Waals surface area (Å²) in [4.78, 5) is 24.2. The third-order valence-corrected chi connectivity index (χ3v) is 6.39. The first-order valence-electron chi connectivity index (χ1n) is 14.6. The highest BCUT2D eigenvalue weighted by molar-refractivity contribution is 5.95. The van der Waals surface area contributed by atoms with Gasteiger partial charge in [0.05, 0.1) is 18.5 Å². The lowest BCUT2D eigenvalue weighted by Crippen LogP contribution is -2.27. The average molecular weight is 583 g/mol. The largest absolute Gasteiger partial charge is 0.497 e. The van der Waals surface area contributed by atoms with E-state index in [2.05, 4.69) is 41.7 Å². The van der Waals surface area contributed by atoms with Crippen molar-refractivity contribution in [3.05, 3.63) is 126 Å². The number of carbonyl (C=O) groups is 2. The van der Waals surface area contributed by atoms with Crippen molar-refractivity contribution >= 4 is 23.3 Å². The van der Waals surface area contributed by atoms with Crippen molar-refractivity contribution in [2.45, 2.75) is 53.4 Å². The summed E-state index contributed by atoms with van der Waals surface area (Å²) in [6.45, 7) is 12.6. The minimum atomic E-state index is -0.235. The molecular formula is C36H46N4O3. The molecule has 3 amide bonds. The Hall–Kier alpha value is -4.78. The molecule has 0 atom stereocenters. The van der Waals surface area contributed by atoms with Crippen LogP contribution in [0.4, 0.5) is 16.2 Å². The van der Waals surface area contributed by atoms with E-state index >= 15 is 0 Å². The molecule has 0 saturated carbocycles. The van der Waals surface area contributed by atoms with Crippen molar-refractivity contribution in [2.24, 2.45) is 0 Å². The molecule has 1 aliphatic carbocycles. The number of anilines is 2. The lowest BCUT2D eigenvalue weighted by Gasteiger charge is -2.13. The molecule has 0 bridgehead atoms. The lowest BCUT2D eigenvalue weighted by atomic mass is 10.2. The molecule has 4 N–H and O–H groups in total. The Bertz CT molecular complexity index is 1370. The fourth-order valence-corrected chi connectivity index (χ4v) is 3.80. The van der Waals surface area contributed by atoms with Crippen molar-refractivity contribution < 1.29 is 14.3 Å². The van der Waals surface area contributed by atoms with Gasteiger partial charge in [0, 0.05) is 23.5 Å². The number of carbonyl (C=O) groups excluding carboxylic acids is 2. The van der Waals surface area contributed by atoms with Gasteiger partial charge in [0.25, 0.3) is 5.91 Å². The highest BCUT2D eigenvalue weighted by Crippen LogP contribution is 2.21. The zero-order valence-electron chi connectivity index (χ0n) is 26.1. The number of allylic oxidation sites excluding steroid dienone is 10. The maximum Gasteiger partial charge on any atom is 0.323 e. The second kappa shape index (κ2) is 19.4. The molecule has 0 unspecified atom stereocenters. The number of rotatable bonds is 12. The van der Waals surface area contributed by atoms with E-state index in [1.807, 2.05) is 74.6 Å². The summed E-state index contributed by atoms with van der Waals surface area (Å²) in [6.07, 6.45) is 17.9. The molecule has 2 aromatic carbocycles. The van der Waals surface area contributed by atoms with E-state index in [9.17, 15) is 9.59 Å². The van der Waals surface area contributed by atoms with Gasteiger partial charge in [-0.25, -0.2) is 4.79 Å². The van der Waals surface area contributed by atoms with Gasteiger partial charge in [-0.2, -0.15) is 0 Å². The van der Waals surface area contributed by atoms with E-state index in [0.29, 0.717) is 5.56 Å². The van der Waals surface area contributed by atoms with Crippen LogP contribution >= 0.6 is 0 Å². The Balaban J connectivity index is 0.000000309. The Morgan fingerprint density at radius 3 is 2.35 bits per heavy atom. The number of benzene rings is 2. The molecule has 7 nitrogen and oxygen atoms in total. The van der Waals surface area contributed by atoms with Crippen molar-refractivity contribution in [2.75, 3.05) is 24.3 Å². The molecule has 43 heavy (non-hydrogen) atoms. The Morgan fingerprint density at radius 2 is 1.67 bits per heavy atom. The third-order valence-electron chi connectivity index (χ3n) is 6.39. The zero-order valence-corrected chi connectivity index (χ0v) is 26.1. The van der Waals surface area contributed by atoms with E-state index in [-0.39, 0.29) is 11.9 Å². The zero-order chi connectivity index (χ0) is 31.5. The molecule has 0 aromatic heterocycles. The molecule has 0 fully saturated rings. The van der Waals surface area contributed by atoms with Crippen LogP contribution < -0.4 is 26.0 Å². The van der Waals surface area contributed by atoms with E-state index in [1.54, 1.807) is 37.5 Å². The number of nitrogens with one attached hydrogen (secondary N) is 4. The number of hydrogen-bond donors (Lipinski definition) is 4. The minimum absolute atomic E-state index is 0.138. The van der Waals surface area contributed by atoms with Crippen LogP contribution in [0.5, 0.6) is 5.75 Å². The lowest BCUT2D eigenvalue weighted by molar-refractivity contribution is 0.0966. The normalized spacial score (nSPS) is 12.9. The van der Waals surface area contributed by atoms with Crippen LogP contribution in [0.2, 0.25) is 0 Å². The van der Waals surface area contributed by atoms with Gasteiger partial charge in [-0.15, -0.1) is 0 Å². The van der Waals surface area contributed by atoms with Crippen LogP contribution in [0, 0.1) is 0 Å². The van der Waals surface area contributed by atoms with E-state index < -0.39 is 0 Å². The SMILES string of the molecule is C=C/C(C)=C\C=C(/C)NC(=O)c1ccc(OC)cc1.CCCCCNc1ccccc1NC(=O)NC1=CC=C(C)CC=C1. The van der Waals surface area contributed by atoms with E-state index in [1.165, 1.54) is 18.4 Å². The Morgan fingerprint density at radius 1 is 0.953 bits per heavy atom. The number of amides is 3. The van der Waals surface area contributed by atoms with Gasteiger partial charge in [0.2, 0.25) is 0 Å². The fourth-order valence-electron chi connectivity index (χ4n) is 3.80. The van der Waals surface area contributed by atoms with E-state index in [0.717, 1.165) is 53.5 Å². The number of para-hydroxylation sites is 2. The minimum Gasteiger partial charge on any atom is -0.497 e. The smallest absolute Gasteiger partial charge is 0.323 e. The summed E-state index contributed by atoms with van der Waals surface area (Å²) in [5, 5.41) is 12.0. The van der Waals surface area contributed by atoms with Crippen LogP contribution in [-0.2, 0) is 0 Å². The molecule has 0 aliphatic heterocycles. The van der Waals surface area contributed by atoms with Crippen molar-refractivity contribution in [1.29, 1.82) is 0 Å². The molecular weight excluding hydrogens is 536 g/mol. The molecule has 3 rings (SSSR count). The number of urea groups is 1. The molecule has 0 radical (unpaired) electrons. The molecule has 0 spiro atoms. The van der Waals surface area contributed by atoms with Crippen LogP contribution in [0.3, 0.4) is 0 Å². The summed E-state index contributed by atoms with van der Waals surface area (Å²) in [5.74, 6) is 0.592. The number of unbranched alkanes of at least 4 members (excludes halogenated alkanes) is 2. The number of ether oxygens (including phenoxy) is 1. The Labute approximate surface area is 257 Å².